The second-order valence-corrected chi connectivity index (χ2v) is 4.91. The monoisotopic (exact) mass is 358 g/mol. The maximum Gasteiger partial charge on any atom is 0.387 e. The van der Waals surface area contributed by atoms with Gasteiger partial charge in [-0.15, -0.1) is 0 Å². The van der Waals surface area contributed by atoms with Crippen LogP contribution in [0.25, 0.3) is 0 Å². The van der Waals surface area contributed by atoms with Crippen molar-refractivity contribution in [3.8, 4) is 11.5 Å². The first-order valence-corrected chi connectivity index (χ1v) is 7.00. The topological polar surface area (TPSA) is 73.1 Å². The van der Waals surface area contributed by atoms with Gasteiger partial charge in [-0.2, -0.15) is 13.9 Å². The van der Waals surface area contributed by atoms with Crippen LogP contribution in [0.4, 0.5) is 8.78 Å². The molecule has 2 rings (SSSR count). The molecule has 0 unspecified atom stereocenters. The summed E-state index contributed by atoms with van der Waals surface area (Å²) in [6.45, 7) is -1.39. The summed E-state index contributed by atoms with van der Waals surface area (Å²) < 4.78 is 39.0. The summed E-state index contributed by atoms with van der Waals surface area (Å²) in [6, 6.07) is 4.25. The van der Waals surface area contributed by atoms with Gasteiger partial charge in [-0.25, -0.2) is 5.43 Å². The molecule has 1 N–H and O–H groups in total. The predicted octanol–water partition coefficient (Wildman–Crippen LogP) is 3.62. The molecule has 1 aromatic heterocycles. The molecule has 0 spiro atoms. The van der Waals surface area contributed by atoms with Crippen LogP contribution in [0.2, 0.25) is 5.02 Å². The summed E-state index contributed by atoms with van der Waals surface area (Å²) in [5, 5.41) is 3.70. The van der Waals surface area contributed by atoms with Crippen molar-refractivity contribution < 1.29 is 27.5 Å². The van der Waals surface area contributed by atoms with Gasteiger partial charge in [0.1, 0.15) is 5.76 Å². The Morgan fingerprint density at radius 2 is 2.21 bits per heavy atom. The third-order valence-corrected chi connectivity index (χ3v) is 3.22. The minimum absolute atomic E-state index is 0.0151. The number of carbonyl (C=O) groups excluding carboxylic acids is 1. The van der Waals surface area contributed by atoms with Gasteiger partial charge in [0.25, 0.3) is 5.91 Å². The van der Waals surface area contributed by atoms with Crippen molar-refractivity contribution in [3.05, 3.63) is 46.4 Å². The van der Waals surface area contributed by atoms with Crippen molar-refractivity contribution >= 4 is 23.7 Å². The number of benzene rings is 1. The number of nitrogens with zero attached hydrogens (tertiary/aromatic N) is 1. The molecular weight excluding hydrogens is 346 g/mol. The smallest absolute Gasteiger partial charge is 0.387 e. The zero-order valence-electron chi connectivity index (χ0n) is 12.7. The second-order valence-electron chi connectivity index (χ2n) is 4.50. The van der Waals surface area contributed by atoms with Gasteiger partial charge in [0, 0.05) is 0 Å². The largest absolute Gasteiger partial charge is 0.493 e. The molecule has 24 heavy (non-hydrogen) atoms. The highest BCUT2D eigenvalue weighted by Gasteiger charge is 2.16. The van der Waals surface area contributed by atoms with Crippen LogP contribution >= 0.6 is 11.6 Å². The number of carbonyl (C=O) groups is 1. The Balaban J connectivity index is 2.13. The quantitative estimate of drug-likeness (QED) is 0.632. The fourth-order valence-corrected chi connectivity index (χ4v) is 2.13. The molecule has 0 atom stereocenters. The predicted molar refractivity (Wildman–Crippen MR) is 83.1 cm³/mol. The van der Waals surface area contributed by atoms with Crippen molar-refractivity contribution in [2.24, 2.45) is 5.10 Å². The van der Waals surface area contributed by atoms with E-state index in [-0.39, 0.29) is 16.5 Å². The Bertz CT molecular complexity index is 762. The van der Waals surface area contributed by atoms with Crippen LogP contribution in [0.5, 0.6) is 11.5 Å². The van der Waals surface area contributed by atoms with E-state index in [4.69, 9.17) is 20.8 Å². The summed E-state index contributed by atoms with van der Waals surface area (Å²) >= 11 is 5.90. The second kappa shape index (κ2) is 7.78. The first-order valence-electron chi connectivity index (χ1n) is 6.62. The van der Waals surface area contributed by atoms with E-state index in [1.165, 1.54) is 37.8 Å². The first kappa shape index (κ1) is 17.7. The van der Waals surface area contributed by atoms with E-state index in [0.717, 1.165) is 0 Å². The number of aryl methyl sites for hydroxylation is 1. The highest BCUT2D eigenvalue weighted by molar-refractivity contribution is 6.32. The SMILES string of the molecule is COc1cc(/C=N\NC(=O)c2ccoc2C)cc(Cl)c1OC(F)F. The van der Waals surface area contributed by atoms with Gasteiger partial charge < -0.3 is 13.9 Å². The number of hydrogen-bond acceptors (Lipinski definition) is 5. The number of hydrogen-bond donors (Lipinski definition) is 1. The van der Waals surface area contributed by atoms with Gasteiger partial charge in [-0.3, -0.25) is 4.79 Å². The number of furan rings is 1. The van der Waals surface area contributed by atoms with E-state index in [1.807, 2.05) is 0 Å². The Kier molecular flexibility index (Phi) is 5.75. The molecule has 0 aliphatic heterocycles. The molecule has 9 heteroatoms. The fourth-order valence-electron chi connectivity index (χ4n) is 1.86. The summed E-state index contributed by atoms with van der Waals surface area (Å²) in [6.07, 6.45) is 2.67. The molecule has 0 saturated heterocycles. The van der Waals surface area contributed by atoms with Crippen molar-refractivity contribution in [3.63, 3.8) is 0 Å². The molecule has 0 aliphatic carbocycles. The number of nitrogens with one attached hydrogen (secondary N) is 1. The van der Waals surface area contributed by atoms with Gasteiger partial charge in [0.2, 0.25) is 0 Å². The van der Waals surface area contributed by atoms with Crippen LogP contribution in [0.3, 0.4) is 0 Å². The highest BCUT2D eigenvalue weighted by Crippen LogP contribution is 2.37. The van der Waals surface area contributed by atoms with E-state index in [1.54, 1.807) is 6.92 Å². The number of ether oxygens (including phenoxy) is 2. The van der Waals surface area contributed by atoms with Crippen LogP contribution in [0.15, 0.2) is 34.0 Å². The van der Waals surface area contributed by atoms with Crippen LogP contribution < -0.4 is 14.9 Å². The number of methoxy groups -OCH3 is 1. The number of amides is 1. The molecular formula is C15H13ClF2N2O4. The number of rotatable bonds is 6. The van der Waals surface area contributed by atoms with E-state index in [0.29, 0.717) is 16.9 Å². The van der Waals surface area contributed by atoms with Gasteiger partial charge >= 0.3 is 6.61 Å². The lowest BCUT2D eigenvalue weighted by molar-refractivity contribution is -0.0511. The Morgan fingerprint density at radius 3 is 2.79 bits per heavy atom. The molecule has 0 aliphatic rings. The summed E-state index contributed by atoms with van der Waals surface area (Å²) in [5.74, 6) is -0.250. The lowest BCUT2D eigenvalue weighted by Crippen LogP contribution is -2.17. The highest BCUT2D eigenvalue weighted by atomic mass is 35.5. The van der Waals surface area contributed by atoms with Crippen molar-refractivity contribution in [2.75, 3.05) is 7.11 Å². The average Bonchev–Trinajstić information content (AvgIpc) is 2.95. The normalized spacial score (nSPS) is 11.1. The maximum atomic E-state index is 12.4. The Hall–Kier alpha value is -2.61. The molecule has 128 valence electrons. The number of halogens is 3. The summed E-state index contributed by atoms with van der Waals surface area (Å²) in [5.41, 5.74) is 3.08. The zero-order valence-corrected chi connectivity index (χ0v) is 13.4. The maximum absolute atomic E-state index is 12.4. The minimum atomic E-state index is -3.03. The lowest BCUT2D eigenvalue weighted by Gasteiger charge is -2.12. The zero-order chi connectivity index (χ0) is 17.7. The van der Waals surface area contributed by atoms with Crippen LogP contribution in [-0.4, -0.2) is 25.8 Å². The van der Waals surface area contributed by atoms with E-state index < -0.39 is 12.5 Å². The summed E-state index contributed by atoms with van der Waals surface area (Å²) in [4.78, 5) is 11.8. The van der Waals surface area contributed by atoms with Crippen LogP contribution in [0.1, 0.15) is 21.7 Å². The molecule has 0 radical (unpaired) electrons. The molecule has 1 amide bonds. The molecule has 0 bridgehead atoms. The van der Waals surface area contributed by atoms with Gasteiger partial charge in [-0.05, 0) is 30.7 Å². The molecule has 0 fully saturated rings. The first-order chi connectivity index (χ1) is 11.4. The van der Waals surface area contributed by atoms with Gasteiger partial charge in [-0.1, -0.05) is 11.6 Å². The van der Waals surface area contributed by atoms with E-state index in [2.05, 4.69) is 15.3 Å². The van der Waals surface area contributed by atoms with Crippen molar-refractivity contribution in [2.45, 2.75) is 13.5 Å². The van der Waals surface area contributed by atoms with Gasteiger partial charge in [0.05, 0.1) is 30.2 Å². The van der Waals surface area contributed by atoms with Gasteiger partial charge in [0.15, 0.2) is 11.5 Å². The van der Waals surface area contributed by atoms with Crippen molar-refractivity contribution in [1.29, 1.82) is 0 Å². The lowest BCUT2D eigenvalue weighted by atomic mass is 10.2. The standard InChI is InChI=1S/C15H13ClF2N2O4/c1-8-10(3-4-23-8)14(21)20-19-7-9-5-11(16)13(24-15(17)18)12(6-9)22-2/h3-7,15H,1-2H3,(H,20,21)/b19-7-. The van der Waals surface area contributed by atoms with Crippen LogP contribution in [0, 0.1) is 6.92 Å². The molecule has 0 saturated carbocycles. The van der Waals surface area contributed by atoms with Crippen molar-refractivity contribution in [1.82, 2.24) is 5.43 Å². The third kappa shape index (κ3) is 4.23. The van der Waals surface area contributed by atoms with Crippen LogP contribution in [-0.2, 0) is 0 Å². The van der Waals surface area contributed by atoms with E-state index in [9.17, 15) is 13.6 Å². The average molecular weight is 359 g/mol. The molecule has 1 heterocycles. The minimum Gasteiger partial charge on any atom is -0.493 e. The Labute approximate surface area is 141 Å². The number of hydrazone groups is 1. The molecule has 6 nitrogen and oxygen atoms in total. The van der Waals surface area contributed by atoms with E-state index >= 15 is 0 Å². The number of alkyl halides is 2. The summed E-state index contributed by atoms with van der Waals surface area (Å²) in [7, 11) is 1.29. The fraction of sp³-hybridized carbons (Fsp3) is 0.200. The molecule has 1 aromatic carbocycles. The third-order valence-electron chi connectivity index (χ3n) is 2.94. The Morgan fingerprint density at radius 1 is 1.46 bits per heavy atom. The molecule has 2 aromatic rings.